The van der Waals surface area contributed by atoms with E-state index in [1.807, 2.05) is 31.5 Å². The van der Waals surface area contributed by atoms with E-state index in [2.05, 4.69) is 36.1 Å². The van der Waals surface area contributed by atoms with Gasteiger partial charge in [-0.1, -0.05) is 6.92 Å². The van der Waals surface area contributed by atoms with Crippen LogP contribution in [0.3, 0.4) is 0 Å². The number of hydrogen-bond acceptors (Lipinski definition) is 6. The van der Waals surface area contributed by atoms with Crippen LogP contribution in [-0.4, -0.2) is 58.0 Å². The summed E-state index contributed by atoms with van der Waals surface area (Å²) in [6, 6.07) is 8.68. The highest BCUT2D eigenvalue weighted by Crippen LogP contribution is 2.37. The number of aromatic amines is 1. The number of aromatic nitrogens is 3. The predicted molar refractivity (Wildman–Crippen MR) is 124 cm³/mol. The van der Waals surface area contributed by atoms with Crippen LogP contribution in [0.4, 0.5) is 5.69 Å². The maximum absolute atomic E-state index is 12.2. The van der Waals surface area contributed by atoms with E-state index in [0.29, 0.717) is 24.2 Å². The Hall–Kier alpha value is -3.26. The Morgan fingerprint density at radius 3 is 2.69 bits per heavy atom. The smallest absolute Gasteiger partial charge is 0.269 e. The van der Waals surface area contributed by atoms with E-state index >= 15 is 0 Å². The number of pyridine rings is 3. The number of nitrogens with zero attached hydrogens (tertiary/aromatic N) is 4. The lowest BCUT2D eigenvalue weighted by atomic mass is 9.81. The maximum Gasteiger partial charge on any atom is 0.269 e. The molecule has 2 N–H and O–H groups in total. The lowest BCUT2D eigenvalue weighted by Gasteiger charge is -2.54. The highest BCUT2D eigenvalue weighted by atomic mass is 16.1. The maximum atomic E-state index is 12.2. The first-order chi connectivity index (χ1) is 15.6. The van der Waals surface area contributed by atoms with Gasteiger partial charge in [-0.3, -0.25) is 19.5 Å². The molecule has 0 radical (unpaired) electrons. The van der Waals surface area contributed by atoms with Gasteiger partial charge in [0.1, 0.15) is 5.69 Å². The number of H-pyrrole nitrogens is 1. The Kier molecular flexibility index (Phi) is 5.38. The van der Waals surface area contributed by atoms with Crippen LogP contribution in [0.15, 0.2) is 41.5 Å². The summed E-state index contributed by atoms with van der Waals surface area (Å²) in [6.07, 6.45) is 6.77. The van der Waals surface area contributed by atoms with E-state index in [4.69, 9.17) is 0 Å². The van der Waals surface area contributed by atoms with Crippen LogP contribution in [0.25, 0.3) is 11.0 Å². The first kappa shape index (κ1) is 20.6. The normalized spacial score (nSPS) is 20.6. The summed E-state index contributed by atoms with van der Waals surface area (Å²) in [4.78, 5) is 40.8. The van der Waals surface area contributed by atoms with Crippen molar-refractivity contribution >= 4 is 22.6 Å². The number of nitrogens with one attached hydrogen (secondary N) is 2. The molecule has 5 rings (SSSR count). The molecule has 166 valence electrons. The van der Waals surface area contributed by atoms with E-state index in [1.54, 1.807) is 13.1 Å². The van der Waals surface area contributed by atoms with Gasteiger partial charge in [0.05, 0.1) is 22.9 Å². The fourth-order valence-electron chi connectivity index (χ4n) is 4.91. The fraction of sp³-hybridized carbons (Fsp3) is 0.417. The molecular weight excluding hydrogens is 404 g/mol. The lowest BCUT2D eigenvalue weighted by molar-refractivity contribution is 0.0658. The van der Waals surface area contributed by atoms with E-state index in [1.165, 1.54) is 6.42 Å². The van der Waals surface area contributed by atoms with Crippen molar-refractivity contribution in [3.05, 3.63) is 63.8 Å². The molecule has 0 spiro atoms. The van der Waals surface area contributed by atoms with Gasteiger partial charge in [0.2, 0.25) is 0 Å². The second kappa shape index (κ2) is 8.35. The van der Waals surface area contributed by atoms with Gasteiger partial charge >= 0.3 is 0 Å². The van der Waals surface area contributed by atoms with E-state index in [-0.39, 0.29) is 11.5 Å². The molecule has 8 heteroatoms. The summed E-state index contributed by atoms with van der Waals surface area (Å²) >= 11 is 0. The van der Waals surface area contributed by atoms with Gasteiger partial charge in [-0.25, -0.2) is 4.98 Å². The minimum Gasteiger partial charge on any atom is -0.364 e. The number of aryl methyl sites for hydroxylation is 1. The first-order valence-corrected chi connectivity index (χ1v) is 11.3. The van der Waals surface area contributed by atoms with Crippen LogP contribution in [0, 0.1) is 0 Å². The van der Waals surface area contributed by atoms with Crippen molar-refractivity contribution < 1.29 is 4.79 Å². The monoisotopic (exact) mass is 432 g/mol. The number of anilines is 1. The van der Waals surface area contributed by atoms with E-state index in [0.717, 1.165) is 53.9 Å². The molecule has 0 unspecified atom stereocenters. The van der Waals surface area contributed by atoms with Crippen LogP contribution in [0.2, 0.25) is 0 Å². The molecule has 1 amide bonds. The van der Waals surface area contributed by atoms with Crippen LogP contribution in [0.1, 0.15) is 41.4 Å². The molecule has 1 saturated carbocycles. The molecule has 1 saturated heterocycles. The molecule has 4 heterocycles. The molecular formula is C24H28N6O2. The Bertz CT molecular complexity index is 1210. The zero-order valence-electron chi connectivity index (χ0n) is 18.5. The van der Waals surface area contributed by atoms with Gasteiger partial charge in [-0.2, -0.15) is 0 Å². The van der Waals surface area contributed by atoms with Gasteiger partial charge in [0, 0.05) is 50.5 Å². The summed E-state index contributed by atoms with van der Waals surface area (Å²) < 4.78 is 0. The third kappa shape index (κ3) is 3.64. The summed E-state index contributed by atoms with van der Waals surface area (Å²) in [6.45, 7) is 4.66. The molecule has 1 aliphatic carbocycles. The van der Waals surface area contributed by atoms with Crippen molar-refractivity contribution in [2.24, 2.45) is 0 Å². The third-order valence-corrected chi connectivity index (χ3v) is 6.83. The molecule has 1 aliphatic heterocycles. The molecule has 32 heavy (non-hydrogen) atoms. The van der Waals surface area contributed by atoms with Crippen molar-refractivity contribution in [2.45, 2.75) is 44.8 Å². The molecule has 3 aromatic heterocycles. The van der Waals surface area contributed by atoms with Crippen LogP contribution >= 0.6 is 0 Å². The SMILES string of the molecule is CCc1cc2ncc(CN3CCN(c4ccc(C(=O)NC)nc4)[C@@H]4CC[C@@H]43)cc2[nH]c1=O. The average molecular weight is 433 g/mol. The zero-order chi connectivity index (χ0) is 22.2. The second-order valence-corrected chi connectivity index (χ2v) is 8.61. The highest BCUT2D eigenvalue weighted by molar-refractivity contribution is 5.92. The summed E-state index contributed by atoms with van der Waals surface area (Å²) in [7, 11) is 1.61. The number of carbonyl (C=O) groups is 1. The molecule has 0 bridgehead atoms. The molecule has 0 aromatic carbocycles. The number of rotatable bonds is 5. The number of carbonyl (C=O) groups excluding carboxylic acids is 1. The number of amides is 1. The molecule has 2 fully saturated rings. The third-order valence-electron chi connectivity index (χ3n) is 6.83. The number of fused-ring (bicyclic) bond motifs is 2. The summed E-state index contributed by atoms with van der Waals surface area (Å²) in [5, 5.41) is 2.61. The minimum absolute atomic E-state index is 0.0253. The Morgan fingerprint density at radius 1 is 1.16 bits per heavy atom. The van der Waals surface area contributed by atoms with E-state index < -0.39 is 0 Å². The molecule has 2 aliphatic rings. The summed E-state index contributed by atoms with van der Waals surface area (Å²) in [5.74, 6) is -0.167. The Labute approximate surface area is 186 Å². The molecule has 3 aromatic rings. The minimum atomic E-state index is -0.167. The van der Waals surface area contributed by atoms with E-state index in [9.17, 15) is 9.59 Å². The molecule has 8 nitrogen and oxygen atoms in total. The largest absolute Gasteiger partial charge is 0.364 e. The van der Waals surface area contributed by atoms with Gasteiger partial charge in [0.25, 0.3) is 11.5 Å². The van der Waals surface area contributed by atoms with Gasteiger partial charge in [-0.15, -0.1) is 0 Å². The Balaban J connectivity index is 1.30. The number of hydrogen-bond donors (Lipinski definition) is 2. The van der Waals surface area contributed by atoms with Crippen molar-refractivity contribution in [3.8, 4) is 0 Å². The average Bonchev–Trinajstić information content (AvgIpc) is 2.79. The van der Waals surface area contributed by atoms with Crippen LogP contribution < -0.4 is 15.8 Å². The van der Waals surface area contributed by atoms with Crippen molar-refractivity contribution in [3.63, 3.8) is 0 Å². The zero-order valence-corrected chi connectivity index (χ0v) is 18.5. The van der Waals surface area contributed by atoms with Crippen molar-refractivity contribution in [2.75, 3.05) is 25.0 Å². The van der Waals surface area contributed by atoms with Crippen molar-refractivity contribution in [1.82, 2.24) is 25.2 Å². The quantitative estimate of drug-likeness (QED) is 0.641. The lowest BCUT2D eigenvalue weighted by Crippen LogP contribution is -2.64. The topological polar surface area (TPSA) is 94.2 Å². The molecule has 2 atom stereocenters. The number of piperazine rings is 1. The highest BCUT2D eigenvalue weighted by Gasteiger charge is 2.42. The first-order valence-electron chi connectivity index (χ1n) is 11.3. The van der Waals surface area contributed by atoms with Gasteiger partial charge in [0.15, 0.2) is 0 Å². The van der Waals surface area contributed by atoms with Crippen LogP contribution in [0.5, 0.6) is 0 Å². The predicted octanol–water partition coefficient (Wildman–Crippen LogP) is 2.09. The van der Waals surface area contributed by atoms with Crippen LogP contribution in [-0.2, 0) is 13.0 Å². The fourth-order valence-corrected chi connectivity index (χ4v) is 4.91. The Morgan fingerprint density at radius 2 is 2.00 bits per heavy atom. The second-order valence-electron chi connectivity index (χ2n) is 8.61. The van der Waals surface area contributed by atoms with Gasteiger partial charge < -0.3 is 15.2 Å². The van der Waals surface area contributed by atoms with Gasteiger partial charge in [-0.05, 0) is 49.1 Å². The van der Waals surface area contributed by atoms with Crippen molar-refractivity contribution in [1.29, 1.82) is 0 Å². The standard InChI is InChI=1S/C24H28N6O2/c1-3-16-11-19-20(28-23(16)31)10-15(12-26-19)14-29-8-9-30(22-7-6-21(22)29)17-4-5-18(27-13-17)24(32)25-2/h4-5,10-13,21-22H,3,6-9,14H2,1-2H3,(H,25,32)(H,28,31)/t21-,22+/m0/s1. The summed E-state index contributed by atoms with van der Waals surface area (Å²) in [5.41, 5.74) is 5.01.